The number of fused-ring (bicyclic) bond motifs is 1. The van der Waals surface area contributed by atoms with Crippen LogP contribution in [0.1, 0.15) is 16.7 Å². The average molecular weight is 338 g/mol. The van der Waals surface area contributed by atoms with Crippen LogP contribution >= 0.6 is 0 Å². The zero-order valence-corrected chi connectivity index (χ0v) is 14.4. The van der Waals surface area contributed by atoms with Crippen LogP contribution in [0.15, 0.2) is 94.7 Å². The summed E-state index contributed by atoms with van der Waals surface area (Å²) in [6, 6.07) is 27.8. The van der Waals surface area contributed by atoms with E-state index in [-0.39, 0.29) is 5.56 Å². The molecule has 0 saturated carbocycles. The van der Waals surface area contributed by atoms with Crippen molar-refractivity contribution in [1.29, 1.82) is 0 Å². The summed E-state index contributed by atoms with van der Waals surface area (Å²) in [5.74, 6) is 0. The Kier molecular flexibility index (Phi) is 4.20. The Morgan fingerprint density at radius 3 is 2.04 bits per heavy atom. The highest BCUT2D eigenvalue weighted by molar-refractivity contribution is 6.14. The van der Waals surface area contributed by atoms with Crippen molar-refractivity contribution in [3.05, 3.63) is 112 Å². The highest BCUT2D eigenvalue weighted by Gasteiger charge is 2.07. The quantitative estimate of drug-likeness (QED) is 0.525. The van der Waals surface area contributed by atoms with Crippen LogP contribution in [-0.4, -0.2) is 10.7 Å². The Labute approximate surface area is 151 Å². The van der Waals surface area contributed by atoms with E-state index in [2.05, 4.69) is 29.2 Å². The van der Waals surface area contributed by atoms with Gasteiger partial charge in [0.05, 0.1) is 16.9 Å². The lowest BCUT2D eigenvalue weighted by molar-refractivity contribution is 1.27. The summed E-state index contributed by atoms with van der Waals surface area (Å²) in [6.07, 6.45) is 0. The highest BCUT2D eigenvalue weighted by atomic mass is 16.1. The van der Waals surface area contributed by atoms with Crippen LogP contribution in [0.4, 0.5) is 5.69 Å². The fraction of sp³-hybridized carbons (Fsp3) is 0.0435. The first-order chi connectivity index (χ1) is 12.7. The smallest absolute Gasteiger partial charge is 0.248 e. The molecule has 0 unspecified atom stereocenters. The molecule has 0 bridgehead atoms. The predicted octanol–water partition coefficient (Wildman–Crippen LogP) is 5.01. The van der Waals surface area contributed by atoms with Crippen molar-refractivity contribution in [3.8, 4) is 0 Å². The van der Waals surface area contributed by atoms with Crippen molar-refractivity contribution in [2.75, 3.05) is 0 Å². The molecule has 1 N–H and O–H groups in total. The van der Waals surface area contributed by atoms with Crippen molar-refractivity contribution in [3.63, 3.8) is 0 Å². The summed E-state index contributed by atoms with van der Waals surface area (Å²) in [5.41, 5.74) is 5.49. The minimum absolute atomic E-state index is 0.0949. The Balaban J connectivity index is 1.90. The van der Waals surface area contributed by atoms with Crippen LogP contribution in [0.5, 0.6) is 0 Å². The van der Waals surface area contributed by atoms with Gasteiger partial charge in [-0.2, -0.15) is 0 Å². The SMILES string of the molecule is Cc1cc(=O)[nH]c2cc(N=C(c3ccccc3)c3ccccc3)ccc12. The largest absolute Gasteiger partial charge is 0.322 e. The molecule has 4 aromatic rings. The highest BCUT2D eigenvalue weighted by Crippen LogP contribution is 2.23. The minimum Gasteiger partial charge on any atom is -0.322 e. The fourth-order valence-corrected chi connectivity index (χ4v) is 3.11. The number of rotatable bonds is 3. The monoisotopic (exact) mass is 338 g/mol. The van der Waals surface area contributed by atoms with Crippen LogP contribution in [-0.2, 0) is 0 Å². The molecule has 0 atom stereocenters. The number of H-pyrrole nitrogens is 1. The standard InChI is InChI=1S/C23H18N2O/c1-16-14-22(26)25-21-15-19(12-13-20(16)21)24-23(17-8-4-2-5-9-17)18-10-6-3-7-11-18/h2-15H,1H3,(H,25,26). The number of nitrogens with one attached hydrogen (secondary N) is 1. The van der Waals surface area contributed by atoms with E-state index < -0.39 is 0 Å². The van der Waals surface area contributed by atoms with Gasteiger partial charge in [-0.1, -0.05) is 66.7 Å². The Morgan fingerprint density at radius 2 is 1.42 bits per heavy atom. The number of aryl methyl sites for hydroxylation is 1. The second-order valence-corrected chi connectivity index (χ2v) is 6.24. The summed E-state index contributed by atoms with van der Waals surface area (Å²) in [5, 5.41) is 1.03. The number of hydrogen-bond donors (Lipinski definition) is 1. The number of hydrogen-bond acceptors (Lipinski definition) is 2. The molecule has 3 nitrogen and oxygen atoms in total. The van der Waals surface area contributed by atoms with Crippen LogP contribution in [0.2, 0.25) is 0 Å². The predicted molar refractivity (Wildman–Crippen MR) is 107 cm³/mol. The van der Waals surface area contributed by atoms with Gasteiger partial charge in [0.15, 0.2) is 0 Å². The summed E-state index contributed by atoms with van der Waals surface area (Å²) < 4.78 is 0. The number of aromatic nitrogens is 1. The van der Waals surface area contributed by atoms with E-state index in [1.54, 1.807) is 6.07 Å². The molecule has 1 aromatic heterocycles. The lowest BCUT2D eigenvalue weighted by Crippen LogP contribution is -2.05. The number of aromatic amines is 1. The maximum atomic E-state index is 11.8. The molecule has 1 heterocycles. The summed E-state index contributed by atoms with van der Waals surface area (Å²) in [7, 11) is 0. The maximum Gasteiger partial charge on any atom is 0.248 e. The fourth-order valence-electron chi connectivity index (χ4n) is 3.11. The minimum atomic E-state index is -0.0949. The van der Waals surface area contributed by atoms with Crippen LogP contribution in [0, 0.1) is 6.92 Å². The topological polar surface area (TPSA) is 45.2 Å². The van der Waals surface area contributed by atoms with Crippen LogP contribution < -0.4 is 5.56 Å². The van der Waals surface area contributed by atoms with E-state index in [0.717, 1.165) is 39.0 Å². The molecule has 0 amide bonds. The number of aliphatic imine (C=N–C) groups is 1. The Hall–Kier alpha value is -3.46. The average Bonchev–Trinajstić information content (AvgIpc) is 2.67. The van der Waals surface area contributed by atoms with Crippen molar-refractivity contribution in [2.24, 2.45) is 4.99 Å². The molecule has 126 valence electrons. The van der Waals surface area contributed by atoms with Crippen molar-refractivity contribution < 1.29 is 0 Å². The van der Waals surface area contributed by atoms with E-state index in [1.165, 1.54) is 0 Å². The molecule has 0 aliphatic carbocycles. The Bertz CT molecular complexity index is 1100. The molecule has 0 radical (unpaired) electrons. The molecule has 26 heavy (non-hydrogen) atoms. The van der Waals surface area contributed by atoms with Gasteiger partial charge in [0.2, 0.25) is 5.56 Å². The maximum absolute atomic E-state index is 11.8. The first kappa shape index (κ1) is 16.0. The molecular formula is C23H18N2O. The van der Waals surface area contributed by atoms with Gasteiger partial charge in [-0.3, -0.25) is 4.79 Å². The van der Waals surface area contributed by atoms with E-state index >= 15 is 0 Å². The van der Waals surface area contributed by atoms with Gasteiger partial charge in [0, 0.05) is 22.6 Å². The molecule has 4 rings (SSSR count). The van der Waals surface area contributed by atoms with Crippen LogP contribution in [0.3, 0.4) is 0 Å². The number of pyridine rings is 1. The third-order valence-corrected chi connectivity index (χ3v) is 4.37. The molecular weight excluding hydrogens is 320 g/mol. The molecule has 0 saturated heterocycles. The van der Waals surface area contributed by atoms with Gasteiger partial charge >= 0.3 is 0 Å². The van der Waals surface area contributed by atoms with E-state index in [1.807, 2.05) is 61.5 Å². The van der Waals surface area contributed by atoms with Crippen molar-refractivity contribution in [2.45, 2.75) is 6.92 Å². The van der Waals surface area contributed by atoms with Crippen LogP contribution in [0.25, 0.3) is 10.9 Å². The summed E-state index contributed by atoms with van der Waals surface area (Å²) >= 11 is 0. The first-order valence-electron chi connectivity index (χ1n) is 8.54. The third kappa shape index (κ3) is 3.20. The molecule has 0 fully saturated rings. The first-order valence-corrected chi connectivity index (χ1v) is 8.54. The summed E-state index contributed by atoms with van der Waals surface area (Å²) in [6.45, 7) is 1.94. The zero-order valence-electron chi connectivity index (χ0n) is 14.4. The van der Waals surface area contributed by atoms with E-state index in [4.69, 9.17) is 4.99 Å². The number of benzene rings is 3. The van der Waals surface area contributed by atoms with Gasteiger partial charge in [-0.15, -0.1) is 0 Å². The second kappa shape index (κ2) is 6.81. The van der Waals surface area contributed by atoms with Gasteiger partial charge in [-0.05, 0) is 24.6 Å². The Morgan fingerprint density at radius 1 is 0.808 bits per heavy atom. The van der Waals surface area contributed by atoms with Crippen molar-refractivity contribution in [1.82, 2.24) is 4.98 Å². The van der Waals surface area contributed by atoms with E-state index in [9.17, 15) is 4.79 Å². The molecule has 0 spiro atoms. The number of nitrogens with zero attached hydrogens (tertiary/aromatic N) is 1. The second-order valence-electron chi connectivity index (χ2n) is 6.24. The lowest BCUT2D eigenvalue weighted by atomic mass is 10.0. The third-order valence-electron chi connectivity index (χ3n) is 4.37. The molecule has 0 aliphatic heterocycles. The molecule has 3 aromatic carbocycles. The molecule has 0 aliphatic rings. The van der Waals surface area contributed by atoms with Gasteiger partial charge in [0.25, 0.3) is 0 Å². The van der Waals surface area contributed by atoms with Crippen molar-refractivity contribution >= 4 is 22.3 Å². The van der Waals surface area contributed by atoms with Gasteiger partial charge < -0.3 is 4.98 Å². The van der Waals surface area contributed by atoms with E-state index in [0.29, 0.717) is 0 Å². The lowest BCUT2D eigenvalue weighted by Gasteiger charge is -2.08. The summed E-state index contributed by atoms with van der Waals surface area (Å²) in [4.78, 5) is 19.6. The van der Waals surface area contributed by atoms with Gasteiger partial charge in [0.1, 0.15) is 0 Å². The molecule has 3 heteroatoms. The van der Waals surface area contributed by atoms with Gasteiger partial charge in [-0.25, -0.2) is 4.99 Å². The zero-order chi connectivity index (χ0) is 17.9. The normalized spacial score (nSPS) is 10.7.